The summed E-state index contributed by atoms with van der Waals surface area (Å²) in [6.07, 6.45) is 5.15. The Morgan fingerprint density at radius 1 is 1.32 bits per heavy atom. The molecule has 4 nitrogen and oxygen atoms in total. The zero-order valence-electron chi connectivity index (χ0n) is 10.1. The summed E-state index contributed by atoms with van der Waals surface area (Å²) < 4.78 is 0. The summed E-state index contributed by atoms with van der Waals surface area (Å²) in [6.45, 7) is 0. The van der Waals surface area contributed by atoms with Gasteiger partial charge in [0, 0.05) is 23.0 Å². The number of carbonyl (C=O) groups excluding carboxylic acids is 1. The quantitative estimate of drug-likeness (QED) is 0.687. The molecule has 0 fully saturated rings. The smallest absolute Gasteiger partial charge is 0.244 e. The number of hydrogen-bond acceptors (Lipinski definition) is 3. The third-order valence-electron chi connectivity index (χ3n) is 2.37. The molecule has 19 heavy (non-hydrogen) atoms. The predicted octanol–water partition coefficient (Wildman–Crippen LogP) is 2.43. The van der Waals surface area contributed by atoms with E-state index >= 15 is 0 Å². The van der Waals surface area contributed by atoms with Crippen molar-refractivity contribution in [1.29, 1.82) is 0 Å². The van der Waals surface area contributed by atoms with Gasteiger partial charge in [0.15, 0.2) is 0 Å². The Hall–Kier alpha value is -2.20. The Kier molecular flexibility index (Phi) is 4.64. The van der Waals surface area contributed by atoms with E-state index in [1.807, 2.05) is 18.2 Å². The largest absolute Gasteiger partial charge is 0.273 e. The molecule has 0 saturated carbocycles. The van der Waals surface area contributed by atoms with Crippen molar-refractivity contribution in [2.45, 2.75) is 6.42 Å². The summed E-state index contributed by atoms with van der Waals surface area (Å²) in [5.74, 6) is -0.178. The summed E-state index contributed by atoms with van der Waals surface area (Å²) >= 11 is 5.77. The zero-order chi connectivity index (χ0) is 13.5. The Morgan fingerprint density at radius 2 is 2.11 bits per heavy atom. The van der Waals surface area contributed by atoms with E-state index in [0.29, 0.717) is 5.02 Å². The topological polar surface area (TPSA) is 54.4 Å². The van der Waals surface area contributed by atoms with E-state index in [1.165, 1.54) is 0 Å². The van der Waals surface area contributed by atoms with Crippen LogP contribution in [0, 0.1) is 0 Å². The van der Waals surface area contributed by atoms with Crippen LogP contribution in [0.5, 0.6) is 0 Å². The molecule has 1 N–H and O–H groups in total. The SMILES string of the molecule is O=C(Cc1ccc(Cl)cc1)N/N=C\c1cccnc1. The first kappa shape index (κ1) is 13.2. The Balaban J connectivity index is 1.85. The van der Waals surface area contributed by atoms with Gasteiger partial charge in [0.05, 0.1) is 12.6 Å². The second kappa shape index (κ2) is 6.66. The lowest BCUT2D eigenvalue weighted by Gasteiger charge is -2.00. The lowest BCUT2D eigenvalue weighted by molar-refractivity contribution is -0.120. The average molecular weight is 274 g/mol. The van der Waals surface area contributed by atoms with Crippen LogP contribution in [0.2, 0.25) is 5.02 Å². The maximum Gasteiger partial charge on any atom is 0.244 e. The van der Waals surface area contributed by atoms with Gasteiger partial charge in [-0.25, -0.2) is 5.43 Å². The van der Waals surface area contributed by atoms with Gasteiger partial charge < -0.3 is 0 Å². The molecule has 0 aliphatic carbocycles. The zero-order valence-corrected chi connectivity index (χ0v) is 10.8. The number of pyridine rings is 1. The summed E-state index contributed by atoms with van der Waals surface area (Å²) in [7, 11) is 0. The molecular formula is C14H12ClN3O. The molecule has 0 unspecified atom stereocenters. The van der Waals surface area contributed by atoms with Crippen LogP contribution >= 0.6 is 11.6 Å². The van der Waals surface area contributed by atoms with Gasteiger partial charge in [-0.15, -0.1) is 0 Å². The fourth-order valence-corrected chi connectivity index (χ4v) is 1.58. The van der Waals surface area contributed by atoms with E-state index in [2.05, 4.69) is 15.5 Å². The highest BCUT2D eigenvalue weighted by atomic mass is 35.5. The Morgan fingerprint density at radius 3 is 2.79 bits per heavy atom. The number of hydrogen-bond donors (Lipinski definition) is 1. The van der Waals surface area contributed by atoms with Gasteiger partial charge >= 0.3 is 0 Å². The van der Waals surface area contributed by atoms with Gasteiger partial charge in [-0.1, -0.05) is 29.8 Å². The van der Waals surface area contributed by atoms with E-state index < -0.39 is 0 Å². The van der Waals surface area contributed by atoms with Crippen LogP contribution in [0.1, 0.15) is 11.1 Å². The Labute approximate surface area is 116 Å². The normalized spacial score (nSPS) is 10.6. The maximum absolute atomic E-state index is 11.6. The lowest BCUT2D eigenvalue weighted by Crippen LogP contribution is -2.19. The van der Waals surface area contributed by atoms with Crippen molar-refractivity contribution < 1.29 is 4.79 Å². The number of nitrogens with one attached hydrogen (secondary N) is 1. The molecule has 1 heterocycles. The third-order valence-corrected chi connectivity index (χ3v) is 2.62. The molecule has 0 aliphatic rings. The van der Waals surface area contributed by atoms with Crippen LogP contribution in [-0.2, 0) is 11.2 Å². The molecule has 0 aliphatic heterocycles. The van der Waals surface area contributed by atoms with Gasteiger partial charge in [-0.05, 0) is 23.8 Å². The fourth-order valence-electron chi connectivity index (χ4n) is 1.46. The second-order valence-electron chi connectivity index (χ2n) is 3.88. The maximum atomic E-state index is 11.6. The van der Waals surface area contributed by atoms with Crippen LogP contribution in [0.25, 0.3) is 0 Å². The lowest BCUT2D eigenvalue weighted by atomic mass is 10.1. The van der Waals surface area contributed by atoms with E-state index in [9.17, 15) is 4.79 Å². The van der Waals surface area contributed by atoms with E-state index in [0.717, 1.165) is 11.1 Å². The summed E-state index contributed by atoms with van der Waals surface area (Å²) in [6, 6.07) is 10.8. The number of aromatic nitrogens is 1. The number of benzene rings is 1. The molecule has 96 valence electrons. The summed E-state index contributed by atoms with van der Waals surface area (Å²) in [5.41, 5.74) is 4.18. The number of amides is 1. The minimum Gasteiger partial charge on any atom is -0.273 e. The van der Waals surface area contributed by atoms with Crippen LogP contribution in [0.4, 0.5) is 0 Å². The van der Waals surface area contributed by atoms with Gasteiger partial charge in [0.1, 0.15) is 0 Å². The molecule has 0 radical (unpaired) electrons. The highest BCUT2D eigenvalue weighted by molar-refractivity contribution is 6.30. The van der Waals surface area contributed by atoms with Gasteiger partial charge in [0.2, 0.25) is 5.91 Å². The number of hydrazone groups is 1. The molecular weight excluding hydrogens is 262 g/mol. The molecule has 1 aromatic carbocycles. The second-order valence-corrected chi connectivity index (χ2v) is 4.32. The van der Waals surface area contributed by atoms with Crippen molar-refractivity contribution >= 4 is 23.7 Å². The van der Waals surface area contributed by atoms with E-state index in [4.69, 9.17) is 11.6 Å². The molecule has 0 bridgehead atoms. The van der Waals surface area contributed by atoms with Crippen molar-refractivity contribution in [2.75, 3.05) is 0 Å². The van der Waals surface area contributed by atoms with Crippen LogP contribution in [-0.4, -0.2) is 17.1 Å². The van der Waals surface area contributed by atoms with E-state index in [-0.39, 0.29) is 12.3 Å². The molecule has 5 heteroatoms. The van der Waals surface area contributed by atoms with Crippen molar-refractivity contribution in [3.63, 3.8) is 0 Å². The third kappa shape index (κ3) is 4.52. The van der Waals surface area contributed by atoms with Crippen molar-refractivity contribution in [3.05, 3.63) is 64.9 Å². The first-order chi connectivity index (χ1) is 9.24. The minimum absolute atomic E-state index is 0.178. The number of rotatable bonds is 4. The molecule has 1 amide bonds. The molecule has 0 atom stereocenters. The standard InChI is InChI=1S/C14H12ClN3O/c15-13-5-3-11(4-6-13)8-14(19)18-17-10-12-2-1-7-16-9-12/h1-7,9-10H,8H2,(H,18,19)/b17-10-. The minimum atomic E-state index is -0.178. The van der Waals surface area contributed by atoms with Crippen molar-refractivity contribution in [3.8, 4) is 0 Å². The number of nitrogens with zero attached hydrogens (tertiary/aromatic N) is 2. The number of carbonyl (C=O) groups is 1. The van der Waals surface area contributed by atoms with Gasteiger partial charge in [-0.2, -0.15) is 5.10 Å². The Bertz CT molecular complexity index is 567. The first-order valence-corrected chi connectivity index (χ1v) is 6.08. The highest BCUT2D eigenvalue weighted by Gasteiger charge is 2.01. The van der Waals surface area contributed by atoms with Crippen LogP contribution in [0.3, 0.4) is 0 Å². The molecule has 2 rings (SSSR count). The molecule has 0 saturated heterocycles. The van der Waals surface area contributed by atoms with Crippen molar-refractivity contribution in [1.82, 2.24) is 10.4 Å². The monoisotopic (exact) mass is 273 g/mol. The van der Waals surface area contributed by atoms with Gasteiger partial charge in [-0.3, -0.25) is 9.78 Å². The molecule has 0 spiro atoms. The summed E-state index contributed by atoms with van der Waals surface area (Å²) in [5, 5.41) is 4.52. The summed E-state index contributed by atoms with van der Waals surface area (Å²) in [4.78, 5) is 15.6. The highest BCUT2D eigenvalue weighted by Crippen LogP contribution is 2.09. The fraction of sp³-hybridized carbons (Fsp3) is 0.0714. The van der Waals surface area contributed by atoms with Crippen LogP contribution in [0.15, 0.2) is 53.9 Å². The molecule has 2 aromatic rings. The van der Waals surface area contributed by atoms with E-state index in [1.54, 1.807) is 36.8 Å². The van der Waals surface area contributed by atoms with Crippen LogP contribution < -0.4 is 5.43 Å². The first-order valence-electron chi connectivity index (χ1n) is 5.70. The predicted molar refractivity (Wildman–Crippen MR) is 75.1 cm³/mol. The van der Waals surface area contributed by atoms with Crippen molar-refractivity contribution in [2.24, 2.45) is 5.10 Å². The average Bonchev–Trinajstić information content (AvgIpc) is 2.43. The molecule has 1 aromatic heterocycles. The number of halogens is 1. The van der Waals surface area contributed by atoms with Gasteiger partial charge in [0.25, 0.3) is 0 Å².